The smallest absolute Gasteiger partial charge is 0.231 e. The first-order valence-electron chi connectivity index (χ1n) is 7.37. The molecule has 1 aliphatic carbocycles. The molecule has 3 rings (SSSR count). The highest BCUT2D eigenvalue weighted by Crippen LogP contribution is 2.31. The maximum absolute atomic E-state index is 5.82. The van der Waals surface area contributed by atoms with Crippen LogP contribution in [0.3, 0.4) is 0 Å². The molecule has 3 N–H and O–H groups in total. The second-order valence-electron chi connectivity index (χ2n) is 5.19. The van der Waals surface area contributed by atoms with Gasteiger partial charge in [0.05, 0.1) is 12.8 Å². The van der Waals surface area contributed by atoms with Gasteiger partial charge in [-0.3, -0.25) is 0 Å². The van der Waals surface area contributed by atoms with Crippen molar-refractivity contribution in [3.05, 3.63) is 29.9 Å². The third-order valence-electron chi connectivity index (χ3n) is 3.65. The number of nitrogens with zero attached hydrogens (tertiary/aromatic N) is 2. The van der Waals surface area contributed by atoms with Gasteiger partial charge in [0.25, 0.3) is 0 Å². The van der Waals surface area contributed by atoms with Crippen LogP contribution in [0.4, 0.5) is 11.8 Å². The molecule has 0 amide bonds. The van der Waals surface area contributed by atoms with E-state index in [9.17, 15) is 0 Å². The van der Waals surface area contributed by atoms with E-state index in [-0.39, 0.29) is 0 Å². The zero-order chi connectivity index (χ0) is 15.4. The number of anilines is 2. The van der Waals surface area contributed by atoms with E-state index < -0.39 is 0 Å². The van der Waals surface area contributed by atoms with Gasteiger partial charge in [-0.25, -0.2) is 4.98 Å². The third-order valence-corrected chi connectivity index (χ3v) is 3.65. The largest absolute Gasteiger partial charge is 0.488 e. The summed E-state index contributed by atoms with van der Waals surface area (Å²) < 4.78 is 16.4. The monoisotopic (exact) mass is 304 g/mol. The van der Waals surface area contributed by atoms with Crippen LogP contribution in [0.2, 0.25) is 0 Å². The molecule has 0 radical (unpaired) electrons. The van der Waals surface area contributed by atoms with Crippen LogP contribution in [0.15, 0.2) is 29.9 Å². The minimum atomic E-state index is 0.329. The van der Waals surface area contributed by atoms with E-state index in [4.69, 9.17) is 19.9 Å². The number of ether oxygens (including phenoxy) is 3. The van der Waals surface area contributed by atoms with Gasteiger partial charge >= 0.3 is 0 Å². The van der Waals surface area contributed by atoms with Gasteiger partial charge in [0.1, 0.15) is 0 Å². The van der Waals surface area contributed by atoms with Crippen LogP contribution < -0.4 is 15.8 Å². The number of nitrogens with two attached hydrogens (primary N) is 1. The average molecular weight is 304 g/mol. The van der Waals surface area contributed by atoms with Crippen LogP contribution in [-0.2, 0) is 9.47 Å². The molecule has 1 aromatic rings. The molecule has 7 heteroatoms. The van der Waals surface area contributed by atoms with E-state index in [0.29, 0.717) is 36.8 Å². The Balaban J connectivity index is 1.44. The second-order valence-corrected chi connectivity index (χ2v) is 5.19. The lowest BCUT2D eigenvalue weighted by Gasteiger charge is -2.15. The molecule has 118 valence electrons. The predicted molar refractivity (Wildman–Crippen MR) is 82.0 cm³/mol. The molecule has 2 heterocycles. The zero-order valence-corrected chi connectivity index (χ0v) is 12.5. The minimum absolute atomic E-state index is 0.329. The molecular weight excluding hydrogens is 284 g/mol. The van der Waals surface area contributed by atoms with E-state index in [0.717, 1.165) is 30.8 Å². The normalized spacial score (nSPS) is 19.4. The summed E-state index contributed by atoms with van der Waals surface area (Å²) in [5, 5.41) is 2.83. The van der Waals surface area contributed by atoms with Crippen molar-refractivity contribution < 1.29 is 14.2 Å². The van der Waals surface area contributed by atoms with Crippen molar-refractivity contribution in [2.24, 2.45) is 5.92 Å². The molecule has 7 nitrogen and oxygen atoms in total. The van der Waals surface area contributed by atoms with Crippen LogP contribution >= 0.6 is 0 Å². The van der Waals surface area contributed by atoms with Crippen molar-refractivity contribution in [1.29, 1.82) is 0 Å². The molecule has 1 fully saturated rings. The molecule has 1 saturated heterocycles. The van der Waals surface area contributed by atoms with Gasteiger partial charge in [0.15, 0.2) is 23.1 Å². The third kappa shape index (κ3) is 3.24. The minimum Gasteiger partial charge on any atom is -0.488 e. The Kier molecular flexibility index (Phi) is 4.32. The average Bonchev–Trinajstić information content (AvgIpc) is 3.00. The summed E-state index contributed by atoms with van der Waals surface area (Å²) in [6, 6.07) is 0. The number of hydrogen-bond donors (Lipinski definition) is 2. The SMILES string of the molecule is CNc1ncc(OCCCC2C=C3OCOC3=CC2)c(N)n1. The number of nitrogen functional groups attached to an aromatic ring is 1. The first kappa shape index (κ1) is 14.5. The lowest BCUT2D eigenvalue weighted by molar-refractivity contribution is 0.0976. The van der Waals surface area contributed by atoms with E-state index in [1.165, 1.54) is 0 Å². The highest BCUT2D eigenvalue weighted by Gasteiger charge is 2.22. The summed E-state index contributed by atoms with van der Waals surface area (Å²) in [4.78, 5) is 8.17. The quantitative estimate of drug-likeness (QED) is 0.777. The molecule has 1 aliphatic heterocycles. The summed E-state index contributed by atoms with van der Waals surface area (Å²) >= 11 is 0. The summed E-state index contributed by atoms with van der Waals surface area (Å²) in [5.41, 5.74) is 5.82. The van der Waals surface area contributed by atoms with Crippen LogP contribution in [-0.4, -0.2) is 30.4 Å². The van der Waals surface area contributed by atoms with Gasteiger partial charge in [-0.2, -0.15) is 4.98 Å². The summed E-state index contributed by atoms with van der Waals surface area (Å²) in [6.45, 7) is 0.912. The molecule has 1 aromatic heterocycles. The summed E-state index contributed by atoms with van der Waals surface area (Å²) in [7, 11) is 1.74. The van der Waals surface area contributed by atoms with Gasteiger partial charge in [-0.05, 0) is 37.3 Å². The number of aromatic nitrogens is 2. The molecule has 0 spiro atoms. The Labute approximate surface area is 129 Å². The van der Waals surface area contributed by atoms with Crippen LogP contribution in [0.5, 0.6) is 5.75 Å². The molecular formula is C15H20N4O3. The predicted octanol–water partition coefficient (Wildman–Crippen LogP) is 2.05. The fraction of sp³-hybridized carbons (Fsp3) is 0.467. The molecule has 22 heavy (non-hydrogen) atoms. The van der Waals surface area contributed by atoms with Crippen LogP contribution in [0, 0.1) is 5.92 Å². The van der Waals surface area contributed by atoms with Gasteiger partial charge in [-0.15, -0.1) is 0 Å². The van der Waals surface area contributed by atoms with Crippen molar-refractivity contribution in [2.45, 2.75) is 19.3 Å². The fourth-order valence-electron chi connectivity index (χ4n) is 2.47. The van der Waals surface area contributed by atoms with E-state index in [1.807, 2.05) is 0 Å². The first-order valence-corrected chi connectivity index (χ1v) is 7.37. The summed E-state index contributed by atoms with van der Waals surface area (Å²) in [5.74, 6) is 3.57. The highest BCUT2D eigenvalue weighted by molar-refractivity contribution is 5.47. The van der Waals surface area contributed by atoms with Gasteiger partial charge in [-0.1, -0.05) is 0 Å². The van der Waals surface area contributed by atoms with Crippen LogP contribution in [0.1, 0.15) is 19.3 Å². The van der Waals surface area contributed by atoms with Gasteiger partial charge in [0, 0.05) is 7.05 Å². The first-order chi connectivity index (χ1) is 10.8. The van der Waals surface area contributed by atoms with E-state index in [2.05, 4.69) is 27.4 Å². The lowest BCUT2D eigenvalue weighted by atomic mass is 9.94. The Morgan fingerprint density at radius 3 is 3.09 bits per heavy atom. The van der Waals surface area contributed by atoms with E-state index >= 15 is 0 Å². The number of hydrogen-bond acceptors (Lipinski definition) is 7. The molecule has 0 saturated carbocycles. The molecule has 2 aliphatic rings. The van der Waals surface area contributed by atoms with Gasteiger partial charge in [0.2, 0.25) is 12.7 Å². The topological polar surface area (TPSA) is 91.5 Å². The Morgan fingerprint density at radius 2 is 2.27 bits per heavy atom. The second kappa shape index (κ2) is 6.55. The Hall–Kier alpha value is -2.44. The number of allylic oxidation sites excluding steroid dienone is 2. The lowest BCUT2D eigenvalue weighted by Crippen LogP contribution is -2.08. The Bertz CT molecular complexity index is 600. The maximum Gasteiger partial charge on any atom is 0.231 e. The standard InChI is InChI=1S/C15H20N4O3/c1-17-15-18-8-13(14(16)19-15)20-6-2-3-10-4-5-11-12(7-10)22-9-21-11/h5,7-8,10H,2-4,6,9H2,1H3,(H3,16,17,18,19). The number of rotatable bonds is 6. The molecule has 1 unspecified atom stereocenters. The van der Waals surface area contributed by atoms with Crippen LogP contribution in [0.25, 0.3) is 0 Å². The number of nitrogens with one attached hydrogen (secondary N) is 1. The van der Waals surface area contributed by atoms with E-state index in [1.54, 1.807) is 13.2 Å². The van der Waals surface area contributed by atoms with Gasteiger partial charge < -0.3 is 25.3 Å². The van der Waals surface area contributed by atoms with Crippen molar-refractivity contribution in [1.82, 2.24) is 9.97 Å². The summed E-state index contributed by atoms with van der Waals surface area (Å²) in [6.07, 6.45) is 8.75. The van der Waals surface area contributed by atoms with Crippen molar-refractivity contribution >= 4 is 11.8 Å². The molecule has 1 atom stereocenters. The van der Waals surface area contributed by atoms with Crippen molar-refractivity contribution in [3.63, 3.8) is 0 Å². The zero-order valence-electron chi connectivity index (χ0n) is 12.5. The Morgan fingerprint density at radius 1 is 1.41 bits per heavy atom. The van der Waals surface area contributed by atoms with Crippen molar-refractivity contribution in [2.75, 3.05) is 31.5 Å². The maximum atomic E-state index is 5.82. The number of fused-ring (bicyclic) bond motifs is 1. The highest BCUT2D eigenvalue weighted by atomic mass is 16.7. The molecule has 0 aromatic carbocycles. The fourth-order valence-corrected chi connectivity index (χ4v) is 2.47. The molecule has 0 bridgehead atoms. The van der Waals surface area contributed by atoms with Crippen molar-refractivity contribution in [3.8, 4) is 5.75 Å².